The third kappa shape index (κ3) is 3.97. The second-order valence-electron chi connectivity index (χ2n) is 5.39. The van der Waals surface area contributed by atoms with Gasteiger partial charge < -0.3 is 10.4 Å². The van der Waals surface area contributed by atoms with Crippen LogP contribution in [0.2, 0.25) is 10.0 Å². The molecular formula is C13H16Cl2INO2. The van der Waals surface area contributed by atoms with E-state index in [9.17, 15) is 9.90 Å². The summed E-state index contributed by atoms with van der Waals surface area (Å²) < 4.78 is 0.632. The van der Waals surface area contributed by atoms with Crippen LogP contribution in [0.5, 0.6) is 0 Å². The fourth-order valence-corrected chi connectivity index (χ4v) is 2.28. The third-order valence-corrected chi connectivity index (χ3v) is 5.19. The van der Waals surface area contributed by atoms with Crippen LogP contribution in [0.3, 0.4) is 0 Å². The zero-order valence-corrected chi connectivity index (χ0v) is 14.8. The lowest BCUT2D eigenvalue weighted by atomic mass is 9.86. The zero-order valence-electron chi connectivity index (χ0n) is 11.1. The van der Waals surface area contributed by atoms with Gasteiger partial charge in [-0.3, -0.25) is 4.79 Å². The van der Waals surface area contributed by atoms with Crippen molar-refractivity contribution in [2.75, 3.05) is 0 Å². The van der Waals surface area contributed by atoms with Gasteiger partial charge in [-0.2, -0.15) is 0 Å². The summed E-state index contributed by atoms with van der Waals surface area (Å²) in [5.74, 6) is -0.319. The van der Waals surface area contributed by atoms with Crippen molar-refractivity contribution >= 4 is 51.7 Å². The molecular weight excluding hydrogens is 400 g/mol. The molecule has 0 aliphatic heterocycles. The summed E-state index contributed by atoms with van der Waals surface area (Å²) in [5, 5.41) is 13.7. The molecule has 3 nitrogen and oxygen atoms in total. The van der Waals surface area contributed by atoms with Crippen LogP contribution in [0.15, 0.2) is 12.1 Å². The molecule has 1 rings (SSSR count). The first kappa shape index (κ1) is 17.0. The van der Waals surface area contributed by atoms with Crippen molar-refractivity contribution in [3.8, 4) is 0 Å². The summed E-state index contributed by atoms with van der Waals surface area (Å²) in [6, 6.07) is 3.15. The Bertz CT molecular complexity index is 510. The van der Waals surface area contributed by atoms with Crippen molar-refractivity contribution < 1.29 is 9.90 Å². The number of carbonyl (C=O) groups excluding carboxylic acids is 1. The normalized spacial score (nSPS) is 12.4. The average Bonchev–Trinajstić information content (AvgIpc) is 2.20. The Kier molecular flexibility index (Phi) is 5.15. The van der Waals surface area contributed by atoms with Gasteiger partial charge in [0.15, 0.2) is 0 Å². The predicted molar refractivity (Wildman–Crippen MR) is 87.0 cm³/mol. The maximum Gasteiger partial charge on any atom is 0.252 e. The molecule has 106 valence electrons. The summed E-state index contributed by atoms with van der Waals surface area (Å²) in [7, 11) is 0. The Morgan fingerprint density at radius 3 is 2.26 bits per heavy atom. The van der Waals surface area contributed by atoms with Gasteiger partial charge in [-0.15, -0.1) is 0 Å². The Morgan fingerprint density at radius 1 is 1.26 bits per heavy atom. The SMILES string of the molecule is CC(C)(O)C(C)(C)NC(=O)c1cc(Cl)cc(Cl)c1I. The monoisotopic (exact) mass is 415 g/mol. The van der Waals surface area contributed by atoms with Crippen LogP contribution in [0.1, 0.15) is 38.1 Å². The van der Waals surface area contributed by atoms with E-state index in [0.717, 1.165) is 0 Å². The first-order valence-electron chi connectivity index (χ1n) is 5.65. The molecule has 0 atom stereocenters. The van der Waals surface area contributed by atoms with E-state index in [0.29, 0.717) is 19.2 Å². The van der Waals surface area contributed by atoms with E-state index >= 15 is 0 Å². The van der Waals surface area contributed by atoms with E-state index in [-0.39, 0.29) is 5.91 Å². The molecule has 0 radical (unpaired) electrons. The highest BCUT2D eigenvalue weighted by Gasteiger charge is 2.36. The molecule has 0 aliphatic carbocycles. The van der Waals surface area contributed by atoms with Crippen LogP contribution in [-0.2, 0) is 0 Å². The summed E-state index contributed by atoms with van der Waals surface area (Å²) in [4.78, 5) is 12.3. The molecule has 1 aromatic carbocycles. The molecule has 1 amide bonds. The summed E-state index contributed by atoms with van der Waals surface area (Å²) >= 11 is 13.9. The van der Waals surface area contributed by atoms with Gasteiger partial charge in [0.05, 0.1) is 21.7 Å². The molecule has 0 bridgehead atoms. The number of rotatable bonds is 3. The number of aliphatic hydroxyl groups is 1. The van der Waals surface area contributed by atoms with Crippen LogP contribution in [0, 0.1) is 3.57 Å². The second-order valence-corrected chi connectivity index (χ2v) is 7.31. The van der Waals surface area contributed by atoms with Gasteiger partial charge in [-0.25, -0.2) is 0 Å². The average molecular weight is 416 g/mol. The van der Waals surface area contributed by atoms with Gasteiger partial charge in [0, 0.05) is 8.59 Å². The zero-order chi connectivity index (χ0) is 15.0. The van der Waals surface area contributed by atoms with Crippen LogP contribution >= 0.6 is 45.8 Å². The van der Waals surface area contributed by atoms with Gasteiger partial charge in [-0.1, -0.05) is 23.2 Å². The van der Waals surface area contributed by atoms with E-state index in [1.54, 1.807) is 39.8 Å². The van der Waals surface area contributed by atoms with Crippen molar-refractivity contribution in [1.29, 1.82) is 0 Å². The number of hydrogen-bond acceptors (Lipinski definition) is 2. The first-order chi connectivity index (χ1) is 8.45. The number of amides is 1. The van der Waals surface area contributed by atoms with Crippen molar-refractivity contribution in [3.63, 3.8) is 0 Å². The lowest BCUT2D eigenvalue weighted by molar-refractivity contribution is -0.00294. The van der Waals surface area contributed by atoms with E-state index in [1.807, 2.05) is 22.6 Å². The maximum absolute atomic E-state index is 12.3. The van der Waals surface area contributed by atoms with Gasteiger partial charge >= 0.3 is 0 Å². The highest BCUT2D eigenvalue weighted by atomic mass is 127. The van der Waals surface area contributed by atoms with Gasteiger partial charge in [0.2, 0.25) is 0 Å². The molecule has 0 saturated heterocycles. The van der Waals surface area contributed by atoms with Crippen LogP contribution in [-0.4, -0.2) is 22.2 Å². The molecule has 1 aromatic rings. The molecule has 19 heavy (non-hydrogen) atoms. The van der Waals surface area contributed by atoms with E-state index in [2.05, 4.69) is 5.32 Å². The fraction of sp³-hybridized carbons (Fsp3) is 0.462. The fourth-order valence-electron chi connectivity index (χ4n) is 1.23. The summed E-state index contributed by atoms with van der Waals surface area (Å²) in [6.07, 6.45) is 0. The smallest absolute Gasteiger partial charge is 0.252 e. The topological polar surface area (TPSA) is 49.3 Å². The molecule has 0 aromatic heterocycles. The second kappa shape index (κ2) is 5.76. The molecule has 0 unspecified atom stereocenters. The lowest BCUT2D eigenvalue weighted by Gasteiger charge is -2.38. The highest BCUT2D eigenvalue weighted by molar-refractivity contribution is 14.1. The molecule has 0 heterocycles. The van der Waals surface area contributed by atoms with E-state index in [4.69, 9.17) is 23.2 Å². The first-order valence-corrected chi connectivity index (χ1v) is 7.48. The van der Waals surface area contributed by atoms with Crippen LogP contribution in [0.25, 0.3) is 0 Å². The number of benzene rings is 1. The largest absolute Gasteiger partial charge is 0.388 e. The van der Waals surface area contributed by atoms with Crippen LogP contribution < -0.4 is 5.32 Å². The molecule has 0 aliphatic rings. The van der Waals surface area contributed by atoms with Crippen molar-refractivity contribution in [3.05, 3.63) is 31.3 Å². The van der Waals surface area contributed by atoms with Crippen molar-refractivity contribution in [1.82, 2.24) is 5.32 Å². The number of nitrogens with one attached hydrogen (secondary N) is 1. The van der Waals surface area contributed by atoms with Crippen molar-refractivity contribution in [2.45, 2.75) is 38.8 Å². The summed E-state index contributed by atoms with van der Waals surface area (Å²) in [5.41, 5.74) is -1.45. The minimum absolute atomic E-state index is 0.319. The number of carbonyl (C=O) groups is 1. The highest BCUT2D eigenvalue weighted by Crippen LogP contribution is 2.28. The number of halogens is 3. The van der Waals surface area contributed by atoms with Gasteiger partial charge in [0.1, 0.15) is 0 Å². The molecule has 0 spiro atoms. The lowest BCUT2D eigenvalue weighted by Crippen LogP contribution is -2.57. The maximum atomic E-state index is 12.3. The minimum atomic E-state index is -1.06. The number of hydrogen-bond donors (Lipinski definition) is 2. The Labute approximate surface area is 136 Å². The third-order valence-electron chi connectivity index (χ3n) is 3.19. The van der Waals surface area contributed by atoms with Crippen molar-refractivity contribution in [2.24, 2.45) is 0 Å². The van der Waals surface area contributed by atoms with Gasteiger partial charge in [0.25, 0.3) is 5.91 Å². The van der Waals surface area contributed by atoms with Gasteiger partial charge in [-0.05, 0) is 62.4 Å². The Morgan fingerprint density at radius 2 is 1.79 bits per heavy atom. The molecule has 6 heteroatoms. The quantitative estimate of drug-likeness (QED) is 0.581. The Balaban J connectivity index is 3.10. The van der Waals surface area contributed by atoms with E-state index in [1.165, 1.54) is 0 Å². The molecule has 0 saturated carbocycles. The van der Waals surface area contributed by atoms with Crippen LogP contribution in [0.4, 0.5) is 0 Å². The molecule has 0 fully saturated rings. The Hall–Kier alpha value is -0.0400. The predicted octanol–water partition coefficient (Wildman–Crippen LogP) is 3.88. The summed E-state index contributed by atoms with van der Waals surface area (Å²) in [6.45, 7) is 6.79. The minimum Gasteiger partial charge on any atom is -0.388 e. The van der Waals surface area contributed by atoms with E-state index < -0.39 is 11.1 Å². The standard InChI is InChI=1S/C13H16Cl2INO2/c1-12(2,13(3,4)19)17-11(18)8-5-7(14)6-9(15)10(8)16/h5-6,19H,1-4H3,(H,17,18). The molecule has 2 N–H and O–H groups in total.